The van der Waals surface area contributed by atoms with E-state index in [1.54, 1.807) is 0 Å². The third kappa shape index (κ3) is 6.61. The van der Waals surface area contributed by atoms with E-state index in [0.717, 1.165) is 6.42 Å². The lowest BCUT2D eigenvalue weighted by molar-refractivity contribution is 0.706. The van der Waals surface area contributed by atoms with Crippen molar-refractivity contribution in [1.82, 2.24) is 0 Å². The van der Waals surface area contributed by atoms with Crippen molar-refractivity contribution in [2.75, 3.05) is 5.75 Å². The maximum Gasteiger partial charge on any atom is 0.0651 e. The molecule has 0 N–H and O–H groups in total. The minimum Gasteiger partial charge on any atom is -0.145 e. The molecule has 0 heterocycles. The first kappa shape index (κ1) is 11.9. The Labute approximate surface area is 81.5 Å². The van der Waals surface area contributed by atoms with Gasteiger partial charge in [0.1, 0.15) is 0 Å². The fourth-order valence-electron chi connectivity index (χ4n) is 1.04. The van der Waals surface area contributed by atoms with E-state index < -0.39 is 0 Å². The summed E-state index contributed by atoms with van der Waals surface area (Å²) in [5.41, 5.74) is 0. The fourth-order valence-corrected chi connectivity index (χ4v) is 2.03. The molecule has 0 aromatic heterocycles. The maximum absolute atomic E-state index is 5.35. The molecule has 1 heteroatoms. The highest BCUT2D eigenvalue weighted by molar-refractivity contribution is 8.00. The zero-order valence-corrected chi connectivity index (χ0v) is 9.12. The fraction of sp³-hybridized carbons (Fsp3) is 0.818. The van der Waals surface area contributed by atoms with Gasteiger partial charge in [0.25, 0.3) is 0 Å². The second-order valence-electron chi connectivity index (χ2n) is 3.00. The molecule has 0 saturated heterocycles. The Hall–Kier alpha value is -0.0900. The predicted octanol–water partition coefficient (Wildman–Crippen LogP) is 3.71. The van der Waals surface area contributed by atoms with Crippen molar-refractivity contribution in [2.45, 2.75) is 51.2 Å². The maximum atomic E-state index is 5.35. The zero-order valence-electron chi connectivity index (χ0n) is 8.31. The minimum atomic E-state index is 0.451. The van der Waals surface area contributed by atoms with Gasteiger partial charge in [0, 0.05) is 0 Å². The van der Waals surface area contributed by atoms with Crippen LogP contribution >= 0.6 is 11.8 Å². The second-order valence-corrected chi connectivity index (χ2v) is 4.31. The number of thioether (sulfide) groups is 1. The lowest BCUT2D eigenvalue weighted by Gasteiger charge is -2.06. The molecule has 0 spiro atoms. The number of hydrogen-bond acceptors (Lipinski definition) is 1. The van der Waals surface area contributed by atoms with Crippen LogP contribution < -0.4 is 0 Å². The summed E-state index contributed by atoms with van der Waals surface area (Å²) in [5.74, 6) is 4.04. The van der Waals surface area contributed by atoms with E-state index in [1.807, 2.05) is 11.8 Å². The molecule has 0 unspecified atom stereocenters. The molecule has 0 aromatic carbocycles. The summed E-state index contributed by atoms with van der Waals surface area (Å²) in [5, 5.41) is 0.451. The third-order valence-electron chi connectivity index (χ3n) is 1.87. The van der Waals surface area contributed by atoms with Gasteiger partial charge in [-0.05, 0) is 18.6 Å². The van der Waals surface area contributed by atoms with E-state index in [0.29, 0.717) is 5.25 Å². The van der Waals surface area contributed by atoms with Crippen LogP contribution in [0.4, 0.5) is 0 Å². The van der Waals surface area contributed by atoms with Crippen LogP contribution in [-0.4, -0.2) is 11.0 Å². The van der Waals surface area contributed by atoms with Gasteiger partial charge in [-0.25, -0.2) is 0 Å². The Kier molecular flexibility index (Phi) is 8.93. The summed E-state index contributed by atoms with van der Waals surface area (Å²) in [7, 11) is 0. The largest absolute Gasteiger partial charge is 0.145 e. The summed E-state index contributed by atoms with van der Waals surface area (Å²) in [6.45, 7) is 4.40. The molecule has 0 radical (unpaired) electrons. The van der Waals surface area contributed by atoms with Crippen LogP contribution in [0.5, 0.6) is 0 Å². The molecule has 0 saturated carbocycles. The highest BCUT2D eigenvalue weighted by Gasteiger charge is 2.00. The molecule has 0 aliphatic rings. The van der Waals surface area contributed by atoms with E-state index in [4.69, 9.17) is 6.42 Å². The van der Waals surface area contributed by atoms with Crippen molar-refractivity contribution >= 4 is 11.8 Å². The molecule has 0 rings (SSSR count). The summed E-state index contributed by atoms with van der Waals surface area (Å²) in [6, 6.07) is 0. The van der Waals surface area contributed by atoms with Crippen LogP contribution in [0.25, 0.3) is 0 Å². The van der Waals surface area contributed by atoms with Gasteiger partial charge < -0.3 is 0 Å². The normalized spacial score (nSPS) is 12.4. The van der Waals surface area contributed by atoms with Gasteiger partial charge in [0.05, 0.1) is 5.25 Å². The summed E-state index contributed by atoms with van der Waals surface area (Å²) in [4.78, 5) is 0. The first-order valence-corrected chi connectivity index (χ1v) is 5.97. The molecular formula is C11H20S. The summed E-state index contributed by atoms with van der Waals surface area (Å²) in [6.07, 6.45) is 11.8. The molecule has 0 fully saturated rings. The molecule has 1 atom stereocenters. The minimum absolute atomic E-state index is 0.451. The molecule has 70 valence electrons. The van der Waals surface area contributed by atoms with Gasteiger partial charge in [0.15, 0.2) is 0 Å². The Morgan fingerprint density at radius 3 is 2.50 bits per heavy atom. The van der Waals surface area contributed by atoms with Crippen molar-refractivity contribution in [3.8, 4) is 12.3 Å². The van der Waals surface area contributed by atoms with Crippen molar-refractivity contribution in [3.63, 3.8) is 0 Å². The van der Waals surface area contributed by atoms with Crippen LogP contribution in [0.1, 0.15) is 46.0 Å². The lowest BCUT2D eigenvalue weighted by Crippen LogP contribution is -1.97. The Morgan fingerprint density at radius 1 is 1.25 bits per heavy atom. The van der Waals surface area contributed by atoms with Crippen molar-refractivity contribution < 1.29 is 0 Å². The van der Waals surface area contributed by atoms with Gasteiger partial charge in [0.2, 0.25) is 0 Å². The summed E-state index contributed by atoms with van der Waals surface area (Å²) >= 11 is 1.94. The molecule has 0 bridgehead atoms. The molecule has 0 nitrogen and oxygen atoms in total. The third-order valence-corrected chi connectivity index (χ3v) is 3.27. The average Bonchev–Trinajstić information content (AvgIpc) is 2.11. The van der Waals surface area contributed by atoms with Gasteiger partial charge in [-0.2, -0.15) is 0 Å². The quantitative estimate of drug-likeness (QED) is 0.429. The molecule has 0 aromatic rings. The average molecular weight is 184 g/mol. The number of rotatable bonds is 7. The molecule has 0 amide bonds. The monoisotopic (exact) mass is 184 g/mol. The van der Waals surface area contributed by atoms with Gasteiger partial charge in [-0.15, -0.1) is 18.2 Å². The van der Waals surface area contributed by atoms with Crippen LogP contribution in [-0.2, 0) is 0 Å². The van der Waals surface area contributed by atoms with E-state index in [9.17, 15) is 0 Å². The summed E-state index contributed by atoms with van der Waals surface area (Å²) < 4.78 is 0. The molecule has 0 aliphatic carbocycles. The van der Waals surface area contributed by atoms with Crippen LogP contribution in [0.3, 0.4) is 0 Å². The van der Waals surface area contributed by atoms with Crippen LogP contribution in [0, 0.1) is 12.3 Å². The first-order chi connectivity index (χ1) is 5.85. The first-order valence-electron chi connectivity index (χ1n) is 4.92. The molecule has 12 heavy (non-hydrogen) atoms. The number of terminal acetylenes is 1. The van der Waals surface area contributed by atoms with E-state index in [2.05, 4.69) is 19.8 Å². The van der Waals surface area contributed by atoms with Gasteiger partial charge >= 0.3 is 0 Å². The van der Waals surface area contributed by atoms with E-state index in [1.165, 1.54) is 31.4 Å². The second kappa shape index (κ2) is 9.00. The Balaban J connectivity index is 3.13. The van der Waals surface area contributed by atoms with Crippen LogP contribution in [0.2, 0.25) is 0 Å². The molecule has 0 aliphatic heterocycles. The van der Waals surface area contributed by atoms with Gasteiger partial charge in [-0.1, -0.05) is 39.0 Å². The topological polar surface area (TPSA) is 0 Å². The number of hydrogen-bond donors (Lipinski definition) is 0. The standard InChI is InChI=1S/C11H20S/c1-4-7-8-9-10-12-11(5-2)6-3/h2,11H,4,6-10H2,1,3H3/t11-/m1/s1. The highest BCUT2D eigenvalue weighted by Crippen LogP contribution is 2.15. The Bertz CT molecular complexity index is 123. The van der Waals surface area contributed by atoms with Crippen molar-refractivity contribution in [3.05, 3.63) is 0 Å². The Morgan fingerprint density at radius 2 is 2.00 bits per heavy atom. The van der Waals surface area contributed by atoms with Crippen molar-refractivity contribution in [1.29, 1.82) is 0 Å². The van der Waals surface area contributed by atoms with Gasteiger partial charge in [-0.3, -0.25) is 0 Å². The smallest absolute Gasteiger partial charge is 0.0651 e. The van der Waals surface area contributed by atoms with E-state index >= 15 is 0 Å². The SMILES string of the molecule is C#C[C@H](CC)SCCCCCC. The number of unbranched alkanes of at least 4 members (excludes halogenated alkanes) is 3. The van der Waals surface area contributed by atoms with Crippen molar-refractivity contribution in [2.24, 2.45) is 0 Å². The highest BCUT2D eigenvalue weighted by atomic mass is 32.2. The molecular weight excluding hydrogens is 164 g/mol. The van der Waals surface area contributed by atoms with E-state index in [-0.39, 0.29) is 0 Å². The lowest BCUT2D eigenvalue weighted by atomic mass is 10.2. The predicted molar refractivity (Wildman–Crippen MR) is 59.5 cm³/mol. The zero-order chi connectivity index (χ0) is 9.23. The van der Waals surface area contributed by atoms with Crippen LogP contribution in [0.15, 0.2) is 0 Å².